The lowest BCUT2D eigenvalue weighted by molar-refractivity contribution is -0.117. The van der Waals surface area contributed by atoms with Crippen molar-refractivity contribution in [2.45, 2.75) is 6.92 Å². The Hall–Kier alpha value is -0.940. The van der Waals surface area contributed by atoms with E-state index in [-0.39, 0.29) is 10.9 Å². The second-order valence-corrected chi connectivity index (χ2v) is 4.51. The van der Waals surface area contributed by atoms with Gasteiger partial charge in [0.1, 0.15) is 0 Å². The number of benzene rings is 1. The molecule has 15 heavy (non-hydrogen) atoms. The van der Waals surface area contributed by atoms with E-state index in [4.69, 9.17) is 18.0 Å². The standard InChI is InChI=1S/C10H11BrN2OS/c1-6(9(12)15)10(14)13-8-4-2-7(11)3-5-8/h2-6H,1H3,(H2,12,15)(H,13,14). The van der Waals surface area contributed by atoms with E-state index in [1.807, 2.05) is 12.1 Å². The van der Waals surface area contributed by atoms with Gasteiger partial charge in [-0.05, 0) is 31.2 Å². The number of nitrogens with two attached hydrogens (primary N) is 1. The van der Waals surface area contributed by atoms with E-state index in [0.29, 0.717) is 0 Å². The number of thiocarbonyl (C=S) groups is 1. The van der Waals surface area contributed by atoms with Crippen molar-refractivity contribution in [1.82, 2.24) is 0 Å². The van der Waals surface area contributed by atoms with Crippen LogP contribution in [0.2, 0.25) is 0 Å². The monoisotopic (exact) mass is 286 g/mol. The number of nitrogens with one attached hydrogen (secondary N) is 1. The number of carbonyl (C=O) groups excluding carboxylic acids is 1. The maximum Gasteiger partial charge on any atom is 0.234 e. The minimum Gasteiger partial charge on any atom is -0.393 e. The lowest BCUT2D eigenvalue weighted by Crippen LogP contribution is -2.30. The van der Waals surface area contributed by atoms with Crippen LogP contribution in [0.5, 0.6) is 0 Å². The first-order valence-corrected chi connectivity index (χ1v) is 5.56. The fourth-order valence-electron chi connectivity index (χ4n) is 0.913. The molecule has 0 aliphatic heterocycles. The minimum absolute atomic E-state index is 0.190. The molecule has 5 heteroatoms. The smallest absolute Gasteiger partial charge is 0.234 e. The van der Waals surface area contributed by atoms with E-state index in [0.717, 1.165) is 10.2 Å². The first-order chi connectivity index (χ1) is 7.00. The summed E-state index contributed by atoms with van der Waals surface area (Å²) in [5.74, 6) is -0.645. The summed E-state index contributed by atoms with van der Waals surface area (Å²) in [5, 5.41) is 2.72. The van der Waals surface area contributed by atoms with Crippen LogP contribution >= 0.6 is 28.1 Å². The molecule has 0 saturated heterocycles. The van der Waals surface area contributed by atoms with Crippen LogP contribution < -0.4 is 11.1 Å². The second-order valence-electron chi connectivity index (χ2n) is 3.12. The average molecular weight is 287 g/mol. The van der Waals surface area contributed by atoms with Gasteiger partial charge in [0.15, 0.2) is 0 Å². The summed E-state index contributed by atoms with van der Waals surface area (Å²) in [6.45, 7) is 1.68. The number of rotatable bonds is 3. The molecule has 1 unspecified atom stereocenters. The molecule has 0 bridgehead atoms. The number of hydrogen-bond donors (Lipinski definition) is 2. The predicted molar refractivity (Wildman–Crippen MR) is 68.7 cm³/mol. The minimum atomic E-state index is -0.455. The van der Waals surface area contributed by atoms with Gasteiger partial charge >= 0.3 is 0 Å². The van der Waals surface area contributed by atoms with Crippen LogP contribution in [0.4, 0.5) is 5.69 Å². The van der Waals surface area contributed by atoms with Gasteiger partial charge in [0, 0.05) is 10.2 Å². The predicted octanol–water partition coefficient (Wildman–Crippen LogP) is 2.31. The molecule has 0 spiro atoms. The highest BCUT2D eigenvalue weighted by molar-refractivity contribution is 9.10. The molecule has 0 fully saturated rings. The topological polar surface area (TPSA) is 55.1 Å². The van der Waals surface area contributed by atoms with E-state index < -0.39 is 5.92 Å². The van der Waals surface area contributed by atoms with Gasteiger partial charge in [-0.25, -0.2) is 0 Å². The Morgan fingerprint density at radius 2 is 2.00 bits per heavy atom. The third kappa shape index (κ3) is 3.60. The third-order valence-electron chi connectivity index (χ3n) is 1.93. The second kappa shape index (κ2) is 5.23. The summed E-state index contributed by atoms with van der Waals surface area (Å²) in [5.41, 5.74) is 6.11. The molecule has 1 rings (SSSR count). The van der Waals surface area contributed by atoms with E-state index >= 15 is 0 Å². The molecule has 1 aromatic carbocycles. The van der Waals surface area contributed by atoms with Gasteiger partial charge < -0.3 is 11.1 Å². The van der Waals surface area contributed by atoms with Gasteiger partial charge in [0.2, 0.25) is 5.91 Å². The third-order valence-corrected chi connectivity index (χ3v) is 2.81. The summed E-state index contributed by atoms with van der Waals surface area (Å²) in [4.78, 5) is 11.7. The van der Waals surface area contributed by atoms with Crippen LogP contribution in [0, 0.1) is 5.92 Å². The van der Waals surface area contributed by atoms with Crippen molar-refractivity contribution < 1.29 is 4.79 Å². The zero-order valence-corrected chi connectivity index (χ0v) is 10.6. The Labute approximate surface area is 102 Å². The zero-order valence-electron chi connectivity index (χ0n) is 8.16. The molecule has 3 nitrogen and oxygen atoms in total. The molecule has 0 aromatic heterocycles. The molecule has 0 radical (unpaired) electrons. The van der Waals surface area contributed by atoms with Crippen molar-refractivity contribution in [2.75, 3.05) is 5.32 Å². The van der Waals surface area contributed by atoms with Crippen molar-refractivity contribution in [3.8, 4) is 0 Å². The Balaban J connectivity index is 2.66. The van der Waals surface area contributed by atoms with Crippen LogP contribution in [0.3, 0.4) is 0 Å². The maximum absolute atomic E-state index is 11.5. The van der Waals surface area contributed by atoms with Crippen molar-refractivity contribution in [3.05, 3.63) is 28.7 Å². The fraction of sp³-hybridized carbons (Fsp3) is 0.200. The average Bonchev–Trinajstić information content (AvgIpc) is 2.20. The van der Waals surface area contributed by atoms with E-state index in [9.17, 15) is 4.79 Å². The molecule has 1 atom stereocenters. The van der Waals surface area contributed by atoms with Crippen LogP contribution in [0.1, 0.15) is 6.92 Å². The normalized spacial score (nSPS) is 11.9. The van der Waals surface area contributed by atoms with Gasteiger partial charge in [0.25, 0.3) is 0 Å². The van der Waals surface area contributed by atoms with Crippen LogP contribution in [-0.2, 0) is 4.79 Å². The maximum atomic E-state index is 11.5. The van der Waals surface area contributed by atoms with E-state index in [1.54, 1.807) is 19.1 Å². The number of amides is 1. The first kappa shape index (κ1) is 12.1. The van der Waals surface area contributed by atoms with Crippen molar-refractivity contribution in [1.29, 1.82) is 0 Å². The Morgan fingerprint density at radius 1 is 1.47 bits per heavy atom. The molecule has 0 aliphatic carbocycles. The molecule has 0 aliphatic rings. The summed E-state index contributed by atoms with van der Waals surface area (Å²) >= 11 is 8.05. The van der Waals surface area contributed by atoms with E-state index in [2.05, 4.69) is 21.2 Å². The van der Waals surface area contributed by atoms with Gasteiger partial charge in [-0.15, -0.1) is 0 Å². The lowest BCUT2D eigenvalue weighted by atomic mass is 10.1. The van der Waals surface area contributed by atoms with Gasteiger partial charge in [-0.3, -0.25) is 4.79 Å². The van der Waals surface area contributed by atoms with Crippen LogP contribution in [-0.4, -0.2) is 10.9 Å². The summed E-state index contributed by atoms with van der Waals surface area (Å²) in [6.07, 6.45) is 0. The SMILES string of the molecule is CC(C(=O)Nc1ccc(Br)cc1)C(N)=S. The van der Waals surface area contributed by atoms with Gasteiger partial charge in [0.05, 0.1) is 10.9 Å². The highest BCUT2D eigenvalue weighted by atomic mass is 79.9. The Kier molecular flexibility index (Phi) is 4.23. The lowest BCUT2D eigenvalue weighted by Gasteiger charge is -2.10. The molecular weight excluding hydrogens is 276 g/mol. The van der Waals surface area contributed by atoms with Crippen molar-refractivity contribution >= 4 is 44.7 Å². The Morgan fingerprint density at radius 3 is 2.47 bits per heavy atom. The Bertz CT molecular complexity index is 378. The van der Waals surface area contributed by atoms with Gasteiger partial charge in [-0.2, -0.15) is 0 Å². The van der Waals surface area contributed by atoms with Crippen molar-refractivity contribution in [2.24, 2.45) is 11.7 Å². The van der Waals surface area contributed by atoms with Gasteiger partial charge in [-0.1, -0.05) is 28.1 Å². The number of halogens is 1. The summed E-state index contributed by atoms with van der Waals surface area (Å²) < 4.78 is 0.961. The number of hydrogen-bond acceptors (Lipinski definition) is 2. The molecule has 0 heterocycles. The fourth-order valence-corrected chi connectivity index (χ4v) is 1.28. The largest absolute Gasteiger partial charge is 0.393 e. The zero-order chi connectivity index (χ0) is 11.4. The molecule has 1 amide bonds. The summed E-state index contributed by atoms with van der Waals surface area (Å²) in [7, 11) is 0. The number of anilines is 1. The molecule has 0 saturated carbocycles. The molecule has 80 valence electrons. The van der Waals surface area contributed by atoms with Crippen LogP contribution in [0.25, 0.3) is 0 Å². The molecule has 1 aromatic rings. The molecular formula is C10H11BrN2OS. The summed E-state index contributed by atoms with van der Waals surface area (Å²) in [6, 6.07) is 7.30. The highest BCUT2D eigenvalue weighted by Crippen LogP contribution is 2.14. The quantitative estimate of drug-likeness (QED) is 0.839. The molecule has 3 N–H and O–H groups in total. The number of carbonyl (C=O) groups is 1. The first-order valence-electron chi connectivity index (χ1n) is 4.36. The van der Waals surface area contributed by atoms with Crippen molar-refractivity contribution in [3.63, 3.8) is 0 Å². The van der Waals surface area contributed by atoms with Crippen LogP contribution in [0.15, 0.2) is 28.7 Å². The van der Waals surface area contributed by atoms with E-state index in [1.165, 1.54) is 0 Å². The highest BCUT2D eigenvalue weighted by Gasteiger charge is 2.15.